The van der Waals surface area contributed by atoms with Crippen LogP contribution < -0.4 is 0 Å². The van der Waals surface area contributed by atoms with Crippen LogP contribution in [0.15, 0.2) is 182 Å². The van der Waals surface area contributed by atoms with Gasteiger partial charge >= 0.3 is 0 Å². The van der Waals surface area contributed by atoms with Crippen molar-refractivity contribution >= 4 is 43.1 Å². The van der Waals surface area contributed by atoms with Gasteiger partial charge in [-0.05, 0) is 112 Å². The maximum absolute atomic E-state index is 2.36. The molecule has 0 heteroatoms. The molecule has 0 unspecified atom stereocenters. The van der Waals surface area contributed by atoms with Crippen LogP contribution >= 0.6 is 0 Å². The van der Waals surface area contributed by atoms with Crippen LogP contribution in [-0.2, 0) is 0 Å². The second-order valence-corrected chi connectivity index (χ2v) is 12.1. The van der Waals surface area contributed by atoms with Crippen LogP contribution in [0, 0.1) is 0 Å². The van der Waals surface area contributed by atoms with E-state index in [1.807, 2.05) is 0 Å². The van der Waals surface area contributed by atoms with Crippen LogP contribution in [0.3, 0.4) is 0 Å². The van der Waals surface area contributed by atoms with Gasteiger partial charge in [-0.2, -0.15) is 0 Å². The predicted molar refractivity (Wildman–Crippen MR) is 198 cm³/mol. The Morgan fingerprint density at radius 2 is 0.522 bits per heavy atom. The first kappa shape index (κ1) is 26.4. The number of hydrogen-bond donors (Lipinski definition) is 0. The SMILES string of the molecule is c1cc(-c2cccc(-c3c4ccccc4c(-c4ccc5ccccc5c4)c4ccccc34)c2)cc(-c2ccc3ccccc3c2)c1. The first-order valence-electron chi connectivity index (χ1n) is 15.9. The van der Waals surface area contributed by atoms with Crippen LogP contribution in [0.4, 0.5) is 0 Å². The van der Waals surface area contributed by atoms with Gasteiger partial charge in [-0.15, -0.1) is 0 Å². The molecule has 0 amide bonds. The highest BCUT2D eigenvalue weighted by Gasteiger charge is 2.17. The minimum absolute atomic E-state index is 1.21. The highest BCUT2D eigenvalue weighted by Crippen LogP contribution is 2.44. The molecule has 0 N–H and O–H groups in total. The van der Waals surface area contributed by atoms with Gasteiger partial charge in [0.05, 0.1) is 0 Å². The maximum Gasteiger partial charge on any atom is -0.00262 e. The number of benzene rings is 9. The third-order valence-corrected chi connectivity index (χ3v) is 9.40. The summed E-state index contributed by atoms with van der Waals surface area (Å²) < 4.78 is 0. The lowest BCUT2D eigenvalue weighted by Crippen LogP contribution is -1.91. The zero-order chi connectivity index (χ0) is 30.5. The fourth-order valence-electron chi connectivity index (χ4n) is 7.20. The lowest BCUT2D eigenvalue weighted by Gasteiger charge is -2.18. The Morgan fingerprint density at radius 3 is 1.02 bits per heavy atom. The number of rotatable bonds is 4. The van der Waals surface area contributed by atoms with Crippen LogP contribution in [0.1, 0.15) is 0 Å². The van der Waals surface area contributed by atoms with Crippen molar-refractivity contribution in [3.8, 4) is 44.5 Å². The molecule has 0 aromatic heterocycles. The van der Waals surface area contributed by atoms with E-state index in [0.717, 1.165) is 0 Å². The van der Waals surface area contributed by atoms with E-state index in [4.69, 9.17) is 0 Å². The smallest absolute Gasteiger partial charge is 0.00262 e. The molecule has 0 radical (unpaired) electrons. The highest BCUT2D eigenvalue weighted by molar-refractivity contribution is 6.21. The predicted octanol–water partition coefficient (Wildman–Crippen LogP) is 13.0. The van der Waals surface area contributed by atoms with Crippen LogP contribution in [-0.4, -0.2) is 0 Å². The minimum atomic E-state index is 1.21. The Hall–Kier alpha value is -5.98. The summed E-state index contributed by atoms with van der Waals surface area (Å²) in [6, 6.07) is 66.6. The first-order valence-corrected chi connectivity index (χ1v) is 15.9. The second kappa shape index (κ2) is 10.9. The molecule has 0 bridgehead atoms. The van der Waals surface area contributed by atoms with Gasteiger partial charge in [0.2, 0.25) is 0 Å². The molecule has 0 spiro atoms. The highest BCUT2D eigenvalue weighted by atomic mass is 14.2. The normalized spacial score (nSPS) is 11.5. The van der Waals surface area contributed by atoms with Crippen LogP contribution in [0.5, 0.6) is 0 Å². The zero-order valence-electron chi connectivity index (χ0n) is 25.3. The van der Waals surface area contributed by atoms with Crippen molar-refractivity contribution in [1.29, 1.82) is 0 Å². The summed E-state index contributed by atoms with van der Waals surface area (Å²) in [4.78, 5) is 0. The second-order valence-electron chi connectivity index (χ2n) is 12.1. The van der Waals surface area contributed by atoms with E-state index >= 15 is 0 Å². The Balaban J connectivity index is 1.22. The van der Waals surface area contributed by atoms with Gasteiger partial charge in [0.1, 0.15) is 0 Å². The summed E-state index contributed by atoms with van der Waals surface area (Å²) in [6.45, 7) is 0. The summed E-state index contributed by atoms with van der Waals surface area (Å²) >= 11 is 0. The average Bonchev–Trinajstić information content (AvgIpc) is 3.13. The molecule has 46 heavy (non-hydrogen) atoms. The van der Waals surface area contributed by atoms with Gasteiger partial charge in [0.25, 0.3) is 0 Å². The van der Waals surface area contributed by atoms with E-state index in [0.29, 0.717) is 0 Å². The minimum Gasteiger partial charge on any atom is -0.0616 e. The summed E-state index contributed by atoms with van der Waals surface area (Å²) in [5, 5.41) is 10.1. The van der Waals surface area contributed by atoms with Gasteiger partial charge in [-0.3, -0.25) is 0 Å². The van der Waals surface area contributed by atoms with Crippen molar-refractivity contribution in [3.05, 3.63) is 182 Å². The van der Waals surface area contributed by atoms with E-state index in [2.05, 4.69) is 182 Å². The molecule has 0 saturated heterocycles. The Kier molecular flexibility index (Phi) is 6.25. The molecule has 0 saturated carbocycles. The first-order chi connectivity index (χ1) is 22.8. The lowest BCUT2D eigenvalue weighted by molar-refractivity contribution is 1.59. The molecule has 0 aliphatic rings. The average molecular weight is 583 g/mol. The molecule has 0 fully saturated rings. The quantitative estimate of drug-likeness (QED) is 0.181. The molecule has 9 rings (SSSR count). The molecular formula is C46H30. The number of fused-ring (bicyclic) bond motifs is 4. The van der Waals surface area contributed by atoms with Crippen molar-refractivity contribution in [2.75, 3.05) is 0 Å². The lowest BCUT2D eigenvalue weighted by atomic mass is 9.85. The molecule has 9 aromatic rings. The standard InChI is InChI=1S/C46H30/c1-3-13-33-27-38(25-23-31(33)11-1)36-16-9-15-35(28-36)37-17-10-18-39(30-37)45-41-19-5-7-21-43(41)46(44-22-8-6-20-42(44)45)40-26-24-32-12-2-4-14-34(32)29-40/h1-30H. The van der Waals surface area contributed by atoms with E-state index in [9.17, 15) is 0 Å². The summed E-state index contributed by atoms with van der Waals surface area (Å²) in [5.41, 5.74) is 9.94. The fourth-order valence-corrected chi connectivity index (χ4v) is 7.20. The summed E-state index contributed by atoms with van der Waals surface area (Å²) in [5.74, 6) is 0. The van der Waals surface area contributed by atoms with Crippen LogP contribution in [0.25, 0.3) is 87.6 Å². The van der Waals surface area contributed by atoms with Gasteiger partial charge < -0.3 is 0 Å². The van der Waals surface area contributed by atoms with E-state index in [1.165, 1.54) is 87.6 Å². The van der Waals surface area contributed by atoms with Crippen molar-refractivity contribution in [3.63, 3.8) is 0 Å². The Morgan fingerprint density at radius 1 is 0.196 bits per heavy atom. The molecule has 0 aliphatic heterocycles. The molecule has 0 nitrogen and oxygen atoms in total. The molecule has 0 aliphatic carbocycles. The molecule has 214 valence electrons. The third-order valence-electron chi connectivity index (χ3n) is 9.40. The topological polar surface area (TPSA) is 0 Å². The Bertz CT molecular complexity index is 2530. The van der Waals surface area contributed by atoms with E-state index in [1.54, 1.807) is 0 Å². The van der Waals surface area contributed by atoms with Gasteiger partial charge in [0.15, 0.2) is 0 Å². The molecule has 0 heterocycles. The molecule has 0 atom stereocenters. The van der Waals surface area contributed by atoms with E-state index in [-0.39, 0.29) is 0 Å². The summed E-state index contributed by atoms with van der Waals surface area (Å²) in [7, 11) is 0. The Labute approximate surface area is 268 Å². The van der Waals surface area contributed by atoms with Crippen molar-refractivity contribution in [2.45, 2.75) is 0 Å². The number of hydrogen-bond acceptors (Lipinski definition) is 0. The van der Waals surface area contributed by atoms with Crippen molar-refractivity contribution in [1.82, 2.24) is 0 Å². The van der Waals surface area contributed by atoms with Crippen molar-refractivity contribution in [2.24, 2.45) is 0 Å². The van der Waals surface area contributed by atoms with Crippen LogP contribution in [0.2, 0.25) is 0 Å². The van der Waals surface area contributed by atoms with Gasteiger partial charge in [-0.1, -0.05) is 158 Å². The maximum atomic E-state index is 2.36. The third kappa shape index (κ3) is 4.47. The fraction of sp³-hybridized carbons (Fsp3) is 0. The molecule has 9 aromatic carbocycles. The van der Waals surface area contributed by atoms with E-state index < -0.39 is 0 Å². The monoisotopic (exact) mass is 582 g/mol. The van der Waals surface area contributed by atoms with Gasteiger partial charge in [-0.25, -0.2) is 0 Å². The summed E-state index contributed by atoms with van der Waals surface area (Å²) in [6.07, 6.45) is 0. The zero-order valence-corrected chi connectivity index (χ0v) is 25.3. The largest absolute Gasteiger partial charge is 0.0616 e. The molecular weight excluding hydrogens is 553 g/mol. The van der Waals surface area contributed by atoms with Crippen molar-refractivity contribution < 1.29 is 0 Å². The van der Waals surface area contributed by atoms with Gasteiger partial charge in [0, 0.05) is 0 Å².